The molecule has 0 spiro atoms. The first-order chi connectivity index (χ1) is 15.1. The van der Waals surface area contributed by atoms with Crippen molar-refractivity contribution in [3.63, 3.8) is 0 Å². The molecule has 0 radical (unpaired) electrons. The number of nitrogens with zero attached hydrogens (tertiary/aromatic N) is 4. The molecule has 0 unspecified atom stereocenters. The number of methoxy groups -OCH3 is 3. The van der Waals surface area contributed by atoms with Gasteiger partial charge in [-0.25, -0.2) is 0 Å². The summed E-state index contributed by atoms with van der Waals surface area (Å²) in [7, 11) is 4.97. The second-order valence-corrected chi connectivity index (χ2v) is 8.32. The molecule has 1 aliphatic heterocycles. The van der Waals surface area contributed by atoms with E-state index in [1.165, 1.54) is 0 Å². The van der Waals surface area contributed by atoms with Gasteiger partial charge in [0.1, 0.15) is 11.4 Å². The second-order valence-electron chi connectivity index (χ2n) is 7.26. The fourth-order valence-corrected chi connectivity index (χ4v) is 4.86. The number of thioether (sulfide) groups is 1. The van der Waals surface area contributed by atoms with Gasteiger partial charge in [-0.2, -0.15) is 9.25 Å². The Balaban J connectivity index is 1.84. The molecule has 0 atom stereocenters. The van der Waals surface area contributed by atoms with Crippen LogP contribution in [0.3, 0.4) is 0 Å². The Kier molecular flexibility index (Phi) is 4.94. The van der Waals surface area contributed by atoms with Gasteiger partial charge in [0, 0.05) is 21.8 Å². The number of ether oxygens (including phenoxy) is 3. The molecule has 3 heterocycles. The molecule has 1 aliphatic rings. The van der Waals surface area contributed by atoms with Crippen molar-refractivity contribution in [2.45, 2.75) is 18.6 Å². The van der Waals surface area contributed by atoms with Crippen LogP contribution in [-0.2, 0) is 6.54 Å². The van der Waals surface area contributed by atoms with E-state index in [0.29, 0.717) is 17.4 Å². The summed E-state index contributed by atoms with van der Waals surface area (Å²) in [6.07, 6.45) is 0. The highest BCUT2D eigenvalue weighted by atomic mass is 32.2. The van der Waals surface area contributed by atoms with Crippen molar-refractivity contribution in [2.24, 2.45) is 0 Å². The maximum Gasteiger partial charge on any atom is 0.461 e. The third-order valence-corrected chi connectivity index (χ3v) is 6.42. The van der Waals surface area contributed by atoms with Gasteiger partial charge in [-0.15, -0.1) is 0 Å². The zero-order valence-electron chi connectivity index (χ0n) is 17.9. The van der Waals surface area contributed by atoms with Crippen LogP contribution in [0.5, 0.6) is 17.2 Å². The molecule has 0 bridgehead atoms. The maximum atomic E-state index is 5.60. The van der Waals surface area contributed by atoms with Gasteiger partial charge in [-0.1, -0.05) is 11.8 Å². The zero-order chi connectivity index (χ0) is 21.5. The quantitative estimate of drug-likeness (QED) is 0.444. The predicted molar refractivity (Wildman–Crippen MR) is 120 cm³/mol. The van der Waals surface area contributed by atoms with E-state index in [1.54, 1.807) is 33.1 Å². The molecular weight excluding hydrogens is 412 g/mol. The number of fused-ring (bicyclic) bond motifs is 2. The molecule has 0 N–H and O–H groups in total. The van der Waals surface area contributed by atoms with Crippen LogP contribution >= 0.6 is 11.8 Å². The summed E-state index contributed by atoms with van der Waals surface area (Å²) in [4.78, 5) is 4.82. The molecule has 5 rings (SSSR count). The Labute approximate surface area is 184 Å². The van der Waals surface area contributed by atoms with E-state index in [4.69, 9.17) is 24.3 Å². The van der Waals surface area contributed by atoms with Gasteiger partial charge < -0.3 is 14.2 Å². The van der Waals surface area contributed by atoms with Crippen molar-refractivity contribution < 1.29 is 18.8 Å². The van der Waals surface area contributed by atoms with Crippen LogP contribution in [0.25, 0.3) is 28.0 Å². The lowest BCUT2D eigenvalue weighted by molar-refractivity contribution is -0.597. The summed E-state index contributed by atoms with van der Waals surface area (Å²) < 4.78 is 20.6. The van der Waals surface area contributed by atoms with Crippen LogP contribution in [0.1, 0.15) is 5.69 Å². The smallest absolute Gasteiger partial charge is 0.461 e. The van der Waals surface area contributed by atoms with Crippen LogP contribution in [0.4, 0.5) is 0 Å². The Morgan fingerprint density at radius 2 is 1.71 bits per heavy atom. The van der Waals surface area contributed by atoms with Crippen LogP contribution in [-0.4, -0.2) is 41.8 Å². The van der Waals surface area contributed by atoms with Gasteiger partial charge in [0.2, 0.25) is 0 Å². The lowest BCUT2D eigenvalue weighted by Crippen LogP contribution is -2.39. The lowest BCUT2D eigenvalue weighted by atomic mass is 10.0. The first-order valence-corrected chi connectivity index (χ1v) is 11.0. The van der Waals surface area contributed by atoms with Gasteiger partial charge in [0.25, 0.3) is 5.16 Å². The first kappa shape index (κ1) is 19.7. The third kappa shape index (κ3) is 3.27. The fraction of sp³-hybridized carbons (Fsp3) is 0.261. The molecule has 2 aromatic carbocycles. The monoisotopic (exact) mass is 435 g/mol. The van der Waals surface area contributed by atoms with E-state index in [0.717, 1.165) is 50.9 Å². The van der Waals surface area contributed by atoms with Crippen molar-refractivity contribution >= 4 is 22.5 Å². The van der Waals surface area contributed by atoms with E-state index >= 15 is 0 Å². The Morgan fingerprint density at radius 1 is 0.968 bits per heavy atom. The molecule has 0 amide bonds. The molecule has 2 aromatic heterocycles. The Morgan fingerprint density at radius 3 is 2.39 bits per heavy atom. The zero-order valence-corrected chi connectivity index (χ0v) is 18.7. The van der Waals surface area contributed by atoms with Crippen molar-refractivity contribution in [3.8, 4) is 34.5 Å². The number of hydrogen-bond donors (Lipinski definition) is 0. The number of aryl methyl sites for hydroxylation is 2. The summed E-state index contributed by atoms with van der Waals surface area (Å²) in [5.74, 6) is 3.86. The van der Waals surface area contributed by atoms with Crippen LogP contribution < -0.4 is 18.8 Å². The molecule has 0 saturated carbocycles. The summed E-state index contributed by atoms with van der Waals surface area (Å²) in [6, 6.07) is 14.2. The second kappa shape index (κ2) is 7.77. The molecule has 0 saturated heterocycles. The van der Waals surface area contributed by atoms with Gasteiger partial charge in [0.15, 0.2) is 11.5 Å². The molecule has 8 heteroatoms. The van der Waals surface area contributed by atoms with Gasteiger partial charge in [0.05, 0.1) is 33.6 Å². The van der Waals surface area contributed by atoms with E-state index in [1.807, 2.05) is 28.9 Å². The first-order valence-electron chi connectivity index (χ1n) is 9.96. The number of benzene rings is 2. The van der Waals surface area contributed by atoms with Gasteiger partial charge in [-0.05, 0) is 59.8 Å². The SMILES string of the molecule is COc1ccc(-c2c3cc(OC)c(OC)cc3cc(C)[n+]2-c2nc3n(n2)CCS3)cc1. The summed E-state index contributed by atoms with van der Waals surface area (Å²) >= 11 is 1.73. The standard InChI is InChI=1S/C23H23N4O3S/c1-14-11-16-12-19(29-3)20(30-4)13-18(16)21(15-5-7-17(28-2)8-6-15)27(14)22-24-23-26(25-22)9-10-31-23/h5-8,11-13H,9-10H2,1-4H3/q+1. The molecule has 158 valence electrons. The minimum Gasteiger partial charge on any atom is -0.497 e. The molecule has 0 fully saturated rings. The average molecular weight is 436 g/mol. The third-order valence-electron chi connectivity index (χ3n) is 5.48. The predicted octanol–water partition coefficient (Wildman–Crippen LogP) is 3.81. The number of rotatable bonds is 5. The summed E-state index contributed by atoms with van der Waals surface area (Å²) in [5.41, 5.74) is 3.05. The van der Waals surface area contributed by atoms with E-state index in [2.05, 4.69) is 29.7 Å². The van der Waals surface area contributed by atoms with Crippen molar-refractivity contribution in [1.82, 2.24) is 14.8 Å². The fourth-order valence-electron chi connectivity index (χ4n) is 3.98. The van der Waals surface area contributed by atoms with E-state index in [-0.39, 0.29) is 0 Å². The topological polar surface area (TPSA) is 62.3 Å². The largest absolute Gasteiger partial charge is 0.497 e. The van der Waals surface area contributed by atoms with Crippen LogP contribution in [0.2, 0.25) is 0 Å². The van der Waals surface area contributed by atoms with E-state index < -0.39 is 0 Å². The Hall–Kier alpha value is -3.26. The number of pyridine rings is 1. The van der Waals surface area contributed by atoms with Crippen LogP contribution in [0.15, 0.2) is 47.6 Å². The highest BCUT2D eigenvalue weighted by molar-refractivity contribution is 7.99. The van der Waals surface area contributed by atoms with E-state index in [9.17, 15) is 0 Å². The van der Waals surface area contributed by atoms with Crippen molar-refractivity contribution in [3.05, 3.63) is 48.2 Å². The minimum absolute atomic E-state index is 0.669. The molecule has 0 aliphatic carbocycles. The molecule has 4 aromatic rings. The lowest BCUT2D eigenvalue weighted by Gasteiger charge is -2.15. The van der Waals surface area contributed by atoms with Gasteiger partial charge in [-0.3, -0.25) is 0 Å². The summed E-state index contributed by atoms with van der Waals surface area (Å²) in [6.45, 7) is 2.95. The van der Waals surface area contributed by atoms with Gasteiger partial charge >= 0.3 is 5.95 Å². The maximum absolute atomic E-state index is 5.60. The highest BCUT2D eigenvalue weighted by Crippen LogP contribution is 2.37. The number of hydrogen-bond acceptors (Lipinski definition) is 6. The number of aromatic nitrogens is 4. The highest BCUT2D eigenvalue weighted by Gasteiger charge is 2.30. The molecule has 31 heavy (non-hydrogen) atoms. The summed E-state index contributed by atoms with van der Waals surface area (Å²) in [5, 5.41) is 7.82. The normalized spacial score (nSPS) is 12.8. The van der Waals surface area contributed by atoms with Crippen molar-refractivity contribution in [1.29, 1.82) is 0 Å². The average Bonchev–Trinajstić information content (AvgIpc) is 3.39. The molecular formula is C23H23N4O3S+. The van der Waals surface area contributed by atoms with Crippen LogP contribution in [0, 0.1) is 6.92 Å². The molecule has 7 nitrogen and oxygen atoms in total. The minimum atomic E-state index is 0.669. The van der Waals surface area contributed by atoms with Crippen molar-refractivity contribution in [2.75, 3.05) is 27.1 Å². The Bertz CT molecular complexity index is 1260.